The second-order valence-electron chi connectivity index (χ2n) is 18.5. The number of nitrogens with one attached hydrogen (secondary N) is 2. The number of fused-ring (bicyclic) bond motifs is 6. The summed E-state index contributed by atoms with van der Waals surface area (Å²) in [4.78, 5) is 65.5. The SMILES string of the molecule is C/C=C/c1ccc2n(c1=O)C[C@@H]1[C@@H](CO)[C@H](C(=O)NCC3CC3)N(Cc3ccncc3)[C@H]21.C/C=C\c1ccc2n(c1=O)C[C@@H]1[C@@H](CO)[C@H](C(=O)NCC3CC3)N(Cc3ccncc3)[C@H]21. The first kappa shape index (κ1) is 43.7. The molecule has 2 aliphatic carbocycles. The Hall–Kier alpha value is -5.54. The normalized spacial score (nSPS) is 26.9. The first-order valence-corrected chi connectivity index (χ1v) is 23.0. The molecule has 4 fully saturated rings. The van der Waals surface area contributed by atoms with E-state index in [4.69, 9.17) is 0 Å². The fourth-order valence-electron chi connectivity index (χ4n) is 11.0. The molecule has 14 nitrogen and oxygen atoms in total. The van der Waals surface area contributed by atoms with Crippen LogP contribution in [0.3, 0.4) is 0 Å². The van der Waals surface area contributed by atoms with E-state index in [2.05, 4.69) is 30.4 Å². The van der Waals surface area contributed by atoms with Crippen molar-refractivity contribution in [3.05, 3.63) is 140 Å². The third-order valence-corrected chi connectivity index (χ3v) is 14.4. The Balaban J connectivity index is 0.000000162. The number of aliphatic hydroxyl groups is 2. The van der Waals surface area contributed by atoms with Crippen LogP contribution in [0.15, 0.2) is 95.1 Å². The second-order valence-corrected chi connectivity index (χ2v) is 18.5. The van der Waals surface area contributed by atoms with Gasteiger partial charge < -0.3 is 30.0 Å². The highest BCUT2D eigenvalue weighted by molar-refractivity contribution is 5.83. The molecular weight excluding hydrogens is 809 g/mol. The number of nitrogens with zero attached hydrogens (tertiary/aromatic N) is 6. The fraction of sp³-hybridized carbons (Fsp3) is 0.480. The molecule has 2 saturated carbocycles. The molecule has 0 unspecified atom stereocenters. The van der Waals surface area contributed by atoms with Gasteiger partial charge in [0.05, 0.1) is 24.2 Å². The van der Waals surface area contributed by atoms with Gasteiger partial charge in [-0.15, -0.1) is 0 Å². The van der Waals surface area contributed by atoms with E-state index in [1.165, 1.54) is 25.7 Å². The van der Waals surface area contributed by atoms with Crippen molar-refractivity contribution >= 4 is 24.0 Å². The first-order valence-electron chi connectivity index (χ1n) is 23.0. The van der Waals surface area contributed by atoms with Crippen molar-refractivity contribution in [3.8, 4) is 0 Å². The van der Waals surface area contributed by atoms with Gasteiger partial charge in [-0.3, -0.25) is 38.9 Å². The standard InChI is InChI=1S/2C25H30N4O3/c2*1-2-3-18-6-7-21-22-19(14-28(21)25(18)32)20(15-30)23(24(31)27-12-16-4-5-16)29(22)13-17-8-10-26-11-9-17/h2*2-3,6-11,16,19-20,22-23,30H,4-5,12-15H2,1H3,(H,27,31)/b3-2+;3-2-/t2*19-,20-,22+,23-/m11/s1. The van der Waals surface area contributed by atoms with E-state index in [-0.39, 0.29) is 71.9 Å². The lowest BCUT2D eigenvalue weighted by Crippen LogP contribution is -2.48. The van der Waals surface area contributed by atoms with Crippen LogP contribution in [0.1, 0.15) is 85.3 Å². The van der Waals surface area contributed by atoms with E-state index in [1.54, 1.807) is 24.8 Å². The van der Waals surface area contributed by atoms with E-state index in [9.17, 15) is 29.4 Å². The molecule has 8 heterocycles. The molecule has 2 amide bonds. The van der Waals surface area contributed by atoms with Crippen molar-refractivity contribution < 1.29 is 19.8 Å². The number of rotatable bonds is 14. The van der Waals surface area contributed by atoms with Gasteiger partial charge in [0.25, 0.3) is 11.1 Å². The van der Waals surface area contributed by atoms with Crippen molar-refractivity contribution in [3.63, 3.8) is 0 Å². The summed E-state index contributed by atoms with van der Waals surface area (Å²) >= 11 is 0. The van der Waals surface area contributed by atoms with Crippen molar-refractivity contribution in [2.45, 2.75) is 89.9 Å². The molecule has 6 aliphatic rings. The maximum atomic E-state index is 13.3. The number of hydrogen-bond donors (Lipinski definition) is 4. The predicted molar refractivity (Wildman–Crippen MR) is 243 cm³/mol. The molecule has 4 aliphatic heterocycles. The zero-order valence-electron chi connectivity index (χ0n) is 36.7. The van der Waals surface area contributed by atoms with Gasteiger partial charge in [0.1, 0.15) is 0 Å². The number of likely N-dealkylation sites (tertiary alicyclic amines) is 2. The van der Waals surface area contributed by atoms with E-state index in [0.717, 1.165) is 22.5 Å². The number of amides is 2. The summed E-state index contributed by atoms with van der Waals surface area (Å²) in [6.45, 7) is 7.20. The Labute approximate surface area is 373 Å². The van der Waals surface area contributed by atoms with Gasteiger partial charge in [0, 0.05) is 123 Å². The van der Waals surface area contributed by atoms with Crippen molar-refractivity contribution in [1.29, 1.82) is 0 Å². The van der Waals surface area contributed by atoms with Gasteiger partial charge in [-0.25, -0.2) is 0 Å². The molecule has 0 bridgehead atoms. The van der Waals surface area contributed by atoms with E-state index < -0.39 is 12.1 Å². The molecular formula is C50H60N8O6. The highest BCUT2D eigenvalue weighted by Crippen LogP contribution is 2.51. The molecule has 0 spiro atoms. The second kappa shape index (κ2) is 18.9. The molecule has 8 atom stereocenters. The number of aromatic nitrogens is 4. The number of pyridine rings is 4. The van der Waals surface area contributed by atoms with Crippen molar-refractivity contribution in [1.82, 2.24) is 39.5 Å². The molecule has 336 valence electrons. The van der Waals surface area contributed by atoms with E-state index in [1.807, 2.05) is 95.8 Å². The topological polar surface area (TPSA) is 175 Å². The quantitative estimate of drug-likeness (QED) is 0.146. The molecule has 2 saturated heterocycles. The summed E-state index contributed by atoms with van der Waals surface area (Å²) in [6.07, 6.45) is 19.1. The molecule has 14 heteroatoms. The zero-order chi connectivity index (χ0) is 44.5. The van der Waals surface area contributed by atoms with Crippen LogP contribution in [0.4, 0.5) is 0 Å². The van der Waals surface area contributed by atoms with Gasteiger partial charge in [-0.1, -0.05) is 24.3 Å². The van der Waals surface area contributed by atoms with Crippen LogP contribution in [0.2, 0.25) is 0 Å². The minimum absolute atomic E-state index is 0.00654. The predicted octanol–water partition coefficient (Wildman–Crippen LogP) is 3.93. The number of hydrogen-bond acceptors (Lipinski definition) is 10. The van der Waals surface area contributed by atoms with Crippen molar-refractivity contribution in [2.24, 2.45) is 35.5 Å². The summed E-state index contributed by atoms with van der Waals surface area (Å²) in [5.41, 5.74) is 5.28. The van der Waals surface area contributed by atoms with Crippen LogP contribution in [0.5, 0.6) is 0 Å². The van der Waals surface area contributed by atoms with Crippen LogP contribution in [0.25, 0.3) is 12.2 Å². The van der Waals surface area contributed by atoms with Gasteiger partial charge in [-0.2, -0.15) is 0 Å². The smallest absolute Gasteiger partial charge is 0.258 e. The van der Waals surface area contributed by atoms with Crippen LogP contribution in [-0.4, -0.2) is 89.3 Å². The average Bonchev–Trinajstić information content (AvgIpc) is 4.20. The molecule has 4 aromatic rings. The monoisotopic (exact) mass is 868 g/mol. The Morgan fingerprint density at radius 1 is 0.625 bits per heavy atom. The zero-order valence-corrected chi connectivity index (χ0v) is 36.7. The number of aliphatic hydroxyl groups excluding tert-OH is 2. The molecule has 64 heavy (non-hydrogen) atoms. The Bertz CT molecular complexity index is 2330. The van der Waals surface area contributed by atoms with Gasteiger partial charge >= 0.3 is 0 Å². The lowest BCUT2D eigenvalue weighted by Gasteiger charge is -2.31. The lowest BCUT2D eigenvalue weighted by atomic mass is 9.88. The minimum atomic E-state index is -0.430. The largest absolute Gasteiger partial charge is 0.396 e. The molecule has 0 radical (unpaired) electrons. The summed E-state index contributed by atoms with van der Waals surface area (Å²) in [6, 6.07) is 14.5. The molecule has 4 N–H and O–H groups in total. The molecule has 0 aromatic carbocycles. The summed E-state index contributed by atoms with van der Waals surface area (Å²) < 4.78 is 3.68. The van der Waals surface area contributed by atoms with Crippen LogP contribution in [-0.2, 0) is 35.8 Å². The number of carbonyl (C=O) groups is 2. The average molecular weight is 869 g/mol. The van der Waals surface area contributed by atoms with Crippen LogP contribution < -0.4 is 21.8 Å². The number of carbonyl (C=O) groups excluding carboxylic acids is 2. The van der Waals surface area contributed by atoms with E-state index in [0.29, 0.717) is 62.2 Å². The number of allylic oxidation sites excluding steroid dienone is 2. The van der Waals surface area contributed by atoms with Gasteiger partial charge in [0.15, 0.2) is 0 Å². The highest BCUT2D eigenvalue weighted by atomic mass is 16.3. The van der Waals surface area contributed by atoms with Gasteiger partial charge in [0.2, 0.25) is 11.8 Å². The highest BCUT2D eigenvalue weighted by Gasteiger charge is 2.57. The third-order valence-electron chi connectivity index (χ3n) is 14.4. The summed E-state index contributed by atoms with van der Waals surface area (Å²) in [7, 11) is 0. The third kappa shape index (κ3) is 8.56. The Kier molecular flexibility index (Phi) is 12.9. The molecule has 10 rings (SSSR count). The maximum absolute atomic E-state index is 13.3. The van der Waals surface area contributed by atoms with Crippen LogP contribution in [0, 0.1) is 35.5 Å². The minimum Gasteiger partial charge on any atom is -0.396 e. The van der Waals surface area contributed by atoms with Crippen LogP contribution >= 0.6 is 0 Å². The molecule has 4 aromatic heterocycles. The summed E-state index contributed by atoms with van der Waals surface area (Å²) in [5.74, 6) is 0.698. The Morgan fingerprint density at radius 2 is 1.02 bits per heavy atom. The van der Waals surface area contributed by atoms with E-state index >= 15 is 0 Å². The van der Waals surface area contributed by atoms with Gasteiger partial charge in [-0.05, 0) is 111 Å². The van der Waals surface area contributed by atoms with Crippen molar-refractivity contribution in [2.75, 3.05) is 26.3 Å². The fourth-order valence-corrected chi connectivity index (χ4v) is 11.0. The maximum Gasteiger partial charge on any atom is 0.258 e. The first-order chi connectivity index (χ1) is 31.2. The Morgan fingerprint density at radius 3 is 1.36 bits per heavy atom. The lowest BCUT2D eigenvalue weighted by molar-refractivity contribution is -0.128. The summed E-state index contributed by atoms with van der Waals surface area (Å²) in [5, 5.41) is 27.0.